The number of benzene rings is 1. The molecule has 34 heavy (non-hydrogen) atoms. The minimum absolute atomic E-state index is 0.0237. The fraction of sp³-hybridized carbons (Fsp3) is 0.391. The van der Waals surface area contributed by atoms with Gasteiger partial charge in [0.25, 0.3) is 5.89 Å². The largest absolute Gasteiger partial charge is 0.415 e. The summed E-state index contributed by atoms with van der Waals surface area (Å²) in [7, 11) is 0. The minimum atomic E-state index is -2.83. The maximum Gasteiger partial charge on any atom is 0.329 e. The summed E-state index contributed by atoms with van der Waals surface area (Å²) in [5, 5.41) is 6.97. The van der Waals surface area contributed by atoms with Gasteiger partial charge in [0.05, 0.1) is 42.0 Å². The van der Waals surface area contributed by atoms with Gasteiger partial charge in [-0.15, -0.1) is 10.2 Å². The standard InChI is InChI=1S/C23H22F2N6O3/c24-19(25)21-28-27-20(34-21)15-5-6-16(26-9-15)10-31-18-4-2-1-3-17(18)30(22(31)32)8-7-29-11-23(12-29)13-33-14-23/h1-6,9,19H,7-8,10-14H2. The van der Waals surface area contributed by atoms with E-state index >= 15 is 0 Å². The van der Waals surface area contributed by atoms with Crippen molar-refractivity contribution in [3.8, 4) is 11.5 Å². The number of hydrogen-bond acceptors (Lipinski definition) is 7. The summed E-state index contributed by atoms with van der Waals surface area (Å²) in [4.78, 5) is 20.1. The molecule has 9 nitrogen and oxygen atoms in total. The Morgan fingerprint density at radius 1 is 1.00 bits per heavy atom. The van der Waals surface area contributed by atoms with Gasteiger partial charge in [0, 0.05) is 37.8 Å². The van der Waals surface area contributed by atoms with E-state index in [1.807, 2.05) is 28.8 Å². The molecule has 0 unspecified atom stereocenters. The highest BCUT2D eigenvalue weighted by Gasteiger charge is 2.48. The molecule has 6 rings (SSSR count). The number of halogens is 2. The summed E-state index contributed by atoms with van der Waals surface area (Å²) in [6, 6.07) is 11.1. The number of aromatic nitrogens is 5. The first-order chi connectivity index (χ1) is 16.5. The summed E-state index contributed by atoms with van der Waals surface area (Å²) in [5.74, 6) is -0.753. The maximum atomic E-state index is 13.3. The van der Waals surface area contributed by atoms with Gasteiger partial charge < -0.3 is 14.1 Å². The van der Waals surface area contributed by atoms with Gasteiger partial charge in [-0.1, -0.05) is 12.1 Å². The Kier molecular flexibility index (Phi) is 5.03. The van der Waals surface area contributed by atoms with Crippen molar-refractivity contribution in [2.45, 2.75) is 19.5 Å². The van der Waals surface area contributed by atoms with Crippen LogP contribution < -0.4 is 5.69 Å². The molecule has 2 saturated heterocycles. The van der Waals surface area contributed by atoms with Crippen LogP contribution in [0.15, 0.2) is 51.8 Å². The number of hydrogen-bond donors (Lipinski definition) is 0. The number of alkyl halides is 2. The maximum absolute atomic E-state index is 13.3. The first-order valence-electron chi connectivity index (χ1n) is 11.1. The summed E-state index contributed by atoms with van der Waals surface area (Å²) in [6.45, 7) is 5.43. The number of likely N-dealkylation sites (tertiary alicyclic amines) is 1. The molecule has 2 fully saturated rings. The fourth-order valence-electron chi connectivity index (χ4n) is 4.76. The molecule has 0 saturated carbocycles. The molecule has 0 N–H and O–H groups in total. The van der Waals surface area contributed by atoms with E-state index in [4.69, 9.17) is 9.15 Å². The molecule has 5 heterocycles. The van der Waals surface area contributed by atoms with Gasteiger partial charge in [0.2, 0.25) is 5.89 Å². The van der Waals surface area contributed by atoms with E-state index < -0.39 is 12.3 Å². The fourth-order valence-corrected chi connectivity index (χ4v) is 4.76. The van der Waals surface area contributed by atoms with Gasteiger partial charge >= 0.3 is 12.1 Å². The van der Waals surface area contributed by atoms with E-state index in [1.165, 1.54) is 6.20 Å². The van der Waals surface area contributed by atoms with Crippen LogP contribution in [0.4, 0.5) is 8.78 Å². The zero-order valence-electron chi connectivity index (χ0n) is 18.2. The van der Waals surface area contributed by atoms with Crippen molar-refractivity contribution in [3.05, 3.63) is 64.7 Å². The molecule has 3 aromatic heterocycles. The second-order valence-corrected chi connectivity index (χ2v) is 9.00. The van der Waals surface area contributed by atoms with Crippen molar-refractivity contribution in [2.75, 3.05) is 32.8 Å². The number of fused-ring (bicyclic) bond motifs is 1. The molecule has 2 aliphatic heterocycles. The van der Waals surface area contributed by atoms with Crippen LogP contribution in [0.25, 0.3) is 22.5 Å². The molecule has 4 aromatic rings. The van der Waals surface area contributed by atoms with Crippen LogP contribution in [0.1, 0.15) is 18.0 Å². The summed E-state index contributed by atoms with van der Waals surface area (Å²) in [6.07, 6.45) is -1.35. The second kappa shape index (κ2) is 8.10. The Hall–Kier alpha value is -3.44. The first kappa shape index (κ1) is 21.1. The molecule has 0 atom stereocenters. The van der Waals surface area contributed by atoms with E-state index in [0.717, 1.165) is 43.9 Å². The van der Waals surface area contributed by atoms with E-state index in [-0.39, 0.29) is 18.1 Å². The number of nitrogens with zero attached hydrogens (tertiary/aromatic N) is 6. The zero-order chi connectivity index (χ0) is 23.3. The SMILES string of the molecule is O=c1n(CCN2CC3(COC3)C2)c2ccccc2n1Cc1ccc(-c2nnc(C(F)F)o2)cn1. The Bertz CT molecular complexity index is 1380. The lowest BCUT2D eigenvalue weighted by atomic mass is 9.78. The molecule has 0 aliphatic carbocycles. The number of pyridine rings is 1. The van der Waals surface area contributed by atoms with Crippen molar-refractivity contribution in [1.29, 1.82) is 0 Å². The minimum Gasteiger partial charge on any atom is -0.415 e. The molecule has 1 aromatic carbocycles. The van der Waals surface area contributed by atoms with Crippen molar-refractivity contribution >= 4 is 11.0 Å². The van der Waals surface area contributed by atoms with Crippen LogP contribution in [0.2, 0.25) is 0 Å². The van der Waals surface area contributed by atoms with Gasteiger partial charge in [-0.3, -0.25) is 14.1 Å². The smallest absolute Gasteiger partial charge is 0.329 e. The summed E-state index contributed by atoms with van der Waals surface area (Å²) in [5.41, 5.74) is 3.06. The Morgan fingerprint density at radius 3 is 2.38 bits per heavy atom. The Balaban J connectivity index is 1.21. The van der Waals surface area contributed by atoms with Crippen LogP contribution >= 0.6 is 0 Å². The third-order valence-corrected chi connectivity index (χ3v) is 6.52. The second-order valence-electron chi connectivity index (χ2n) is 9.00. The van der Waals surface area contributed by atoms with Crippen LogP contribution in [-0.2, 0) is 17.8 Å². The lowest BCUT2D eigenvalue weighted by Crippen LogP contribution is -2.66. The lowest BCUT2D eigenvalue weighted by Gasteiger charge is -2.55. The summed E-state index contributed by atoms with van der Waals surface area (Å²) >= 11 is 0. The van der Waals surface area contributed by atoms with Crippen molar-refractivity contribution < 1.29 is 17.9 Å². The number of imidazole rings is 1. The Morgan fingerprint density at radius 2 is 1.76 bits per heavy atom. The van der Waals surface area contributed by atoms with Crippen LogP contribution in [-0.4, -0.2) is 62.1 Å². The van der Waals surface area contributed by atoms with Gasteiger partial charge in [-0.05, 0) is 24.3 Å². The van der Waals surface area contributed by atoms with Crippen molar-refractivity contribution in [3.63, 3.8) is 0 Å². The molecule has 176 valence electrons. The van der Waals surface area contributed by atoms with Gasteiger partial charge in [0.15, 0.2) is 0 Å². The van der Waals surface area contributed by atoms with Crippen LogP contribution in [0, 0.1) is 5.41 Å². The first-order valence-corrected chi connectivity index (χ1v) is 11.1. The van der Waals surface area contributed by atoms with E-state index in [9.17, 15) is 13.6 Å². The van der Waals surface area contributed by atoms with Crippen molar-refractivity contribution in [2.24, 2.45) is 5.41 Å². The molecule has 0 radical (unpaired) electrons. The number of para-hydroxylation sites is 2. The average molecular weight is 468 g/mol. The van der Waals surface area contributed by atoms with Crippen LogP contribution in [0.3, 0.4) is 0 Å². The highest BCUT2D eigenvalue weighted by atomic mass is 19.3. The van der Waals surface area contributed by atoms with Crippen molar-refractivity contribution in [1.82, 2.24) is 29.2 Å². The van der Waals surface area contributed by atoms with Gasteiger partial charge in [-0.25, -0.2) is 4.79 Å². The van der Waals surface area contributed by atoms with Gasteiger partial charge in [-0.2, -0.15) is 8.78 Å². The van der Waals surface area contributed by atoms with E-state index in [0.29, 0.717) is 23.2 Å². The Labute approximate surface area is 192 Å². The molecule has 1 spiro atoms. The highest BCUT2D eigenvalue weighted by molar-refractivity contribution is 5.76. The molecule has 11 heteroatoms. The third-order valence-electron chi connectivity index (χ3n) is 6.52. The number of ether oxygens (including phenoxy) is 1. The molecular weight excluding hydrogens is 446 g/mol. The highest BCUT2D eigenvalue weighted by Crippen LogP contribution is 2.37. The molecule has 0 bridgehead atoms. The number of rotatable bonds is 7. The van der Waals surface area contributed by atoms with Crippen LogP contribution in [0.5, 0.6) is 0 Å². The monoisotopic (exact) mass is 468 g/mol. The normalized spacial score (nSPS) is 17.4. The third kappa shape index (κ3) is 3.61. The van der Waals surface area contributed by atoms with E-state index in [1.54, 1.807) is 16.7 Å². The van der Waals surface area contributed by atoms with Gasteiger partial charge in [0.1, 0.15) is 0 Å². The summed E-state index contributed by atoms with van der Waals surface area (Å²) < 4.78 is 39.2. The average Bonchev–Trinajstić information content (AvgIpc) is 3.37. The zero-order valence-corrected chi connectivity index (χ0v) is 18.2. The topological polar surface area (TPSA) is 91.2 Å². The molecule has 0 amide bonds. The lowest BCUT2D eigenvalue weighted by molar-refractivity contribution is -0.189. The predicted octanol–water partition coefficient (Wildman–Crippen LogP) is 2.57. The molecule has 2 aliphatic rings. The predicted molar refractivity (Wildman–Crippen MR) is 117 cm³/mol. The van der Waals surface area contributed by atoms with E-state index in [2.05, 4.69) is 20.1 Å². The molecular formula is C23H22F2N6O3. The quantitative estimate of drug-likeness (QED) is 0.412.